The Morgan fingerprint density at radius 1 is 1.07 bits per heavy atom. The zero-order chi connectivity index (χ0) is 20.2. The topological polar surface area (TPSA) is 102 Å². The van der Waals surface area contributed by atoms with Gasteiger partial charge in [-0.25, -0.2) is 4.39 Å². The number of rotatable bonds is 4. The van der Waals surface area contributed by atoms with E-state index in [4.69, 9.17) is 4.74 Å². The van der Waals surface area contributed by atoms with E-state index in [0.717, 1.165) is 6.07 Å². The number of benzene rings is 2. The number of para-hydroxylation sites is 1. The first kappa shape index (κ1) is 18.7. The second-order valence-electron chi connectivity index (χ2n) is 6.32. The van der Waals surface area contributed by atoms with Gasteiger partial charge in [-0.3, -0.25) is 9.59 Å². The first-order chi connectivity index (χ1) is 14.1. The van der Waals surface area contributed by atoms with Crippen LogP contribution in [0.3, 0.4) is 0 Å². The van der Waals surface area contributed by atoms with Crippen LogP contribution in [0.15, 0.2) is 48.8 Å². The molecular weight excluding hydrogens is 379 g/mol. The highest BCUT2D eigenvalue weighted by Crippen LogP contribution is 2.21. The van der Waals surface area contributed by atoms with Gasteiger partial charge in [-0.2, -0.15) is 4.68 Å². The fourth-order valence-electron chi connectivity index (χ4n) is 3.06. The van der Waals surface area contributed by atoms with Crippen molar-refractivity contribution in [1.29, 1.82) is 0 Å². The van der Waals surface area contributed by atoms with Crippen LogP contribution in [0, 0.1) is 5.82 Å². The Hall–Kier alpha value is -3.66. The number of nitrogens with one attached hydrogen (secondary N) is 1. The number of halogens is 1. The molecule has 1 aromatic heterocycles. The highest BCUT2D eigenvalue weighted by atomic mass is 19.1. The number of aromatic nitrogens is 4. The molecule has 0 saturated carbocycles. The van der Waals surface area contributed by atoms with Gasteiger partial charge in [0.05, 0.1) is 35.7 Å². The summed E-state index contributed by atoms with van der Waals surface area (Å²) < 4.78 is 20.2. The number of carbonyl (C=O) groups excluding carboxylic acids is 2. The van der Waals surface area contributed by atoms with Crippen LogP contribution in [0.4, 0.5) is 10.1 Å². The van der Waals surface area contributed by atoms with Crippen LogP contribution in [-0.2, 0) is 4.74 Å². The zero-order valence-electron chi connectivity index (χ0n) is 15.3. The number of hydrogen-bond donors (Lipinski definition) is 1. The van der Waals surface area contributed by atoms with Crippen molar-refractivity contribution in [1.82, 2.24) is 25.1 Å². The van der Waals surface area contributed by atoms with Crippen molar-refractivity contribution < 1.29 is 18.7 Å². The van der Waals surface area contributed by atoms with Gasteiger partial charge < -0.3 is 15.0 Å². The summed E-state index contributed by atoms with van der Waals surface area (Å²) in [6.07, 6.45) is 1.27. The normalized spacial score (nSPS) is 13.9. The molecule has 0 spiro atoms. The largest absolute Gasteiger partial charge is 0.378 e. The molecule has 1 aliphatic heterocycles. The van der Waals surface area contributed by atoms with Crippen molar-refractivity contribution in [3.05, 3.63) is 65.7 Å². The fourth-order valence-corrected chi connectivity index (χ4v) is 3.06. The van der Waals surface area contributed by atoms with E-state index in [1.54, 1.807) is 29.2 Å². The van der Waals surface area contributed by atoms with Crippen LogP contribution in [0.1, 0.15) is 20.7 Å². The first-order valence-corrected chi connectivity index (χ1v) is 8.94. The number of ether oxygens (including phenoxy) is 1. The number of hydrogen-bond acceptors (Lipinski definition) is 6. The second kappa shape index (κ2) is 8.15. The van der Waals surface area contributed by atoms with Crippen molar-refractivity contribution in [2.24, 2.45) is 0 Å². The smallest absolute Gasteiger partial charge is 0.257 e. The lowest BCUT2D eigenvalue weighted by molar-refractivity contribution is 0.0303. The maximum absolute atomic E-state index is 13.7. The van der Waals surface area contributed by atoms with E-state index in [1.165, 1.54) is 23.1 Å². The quantitative estimate of drug-likeness (QED) is 0.718. The van der Waals surface area contributed by atoms with E-state index in [1.807, 2.05) is 0 Å². The van der Waals surface area contributed by atoms with Crippen molar-refractivity contribution >= 4 is 17.5 Å². The molecule has 4 rings (SSSR count). The highest BCUT2D eigenvalue weighted by Gasteiger charge is 2.22. The maximum Gasteiger partial charge on any atom is 0.257 e. The third-order valence-corrected chi connectivity index (χ3v) is 4.50. The van der Waals surface area contributed by atoms with Gasteiger partial charge in [0.25, 0.3) is 11.8 Å². The molecule has 1 fully saturated rings. The minimum Gasteiger partial charge on any atom is -0.378 e. The molecule has 1 aliphatic rings. The van der Waals surface area contributed by atoms with Gasteiger partial charge in [0.15, 0.2) is 0 Å². The first-order valence-electron chi connectivity index (χ1n) is 8.94. The Kier molecular flexibility index (Phi) is 5.25. The average Bonchev–Trinajstić information content (AvgIpc) is 3.29. The molecule has 10 heteroatoms. The summed E-state index contributed by atoms with van der Waals surface area (Å²) in [6.45, 7) is 1.93. The van der Waals surface area contributed by atoms with Crippen molar-refractivity contribution in [3.8, 4) is 5.69 Å². The lowest BCUT2D eigenvalue weighted by atomic mass is 10.1. The number of carbonyl (C=O) groups is 2. The molecule has 0 atom stereocenters. The number of morpholine rings is 1. The molecule has 0 bridgehead atoms. The standard InChI is InChI=1S/C19H17FN6O3/c20-13-5-6-15(17(11-13)26-12-21-23-24-26)18(27)22-16-4-2-1-3-14(16)19(28)25-7-9-29-10-8-25/h1-6,11-12H,7-10H2,(H,22,27). The van der Waals surface area contributed by atoms with Crippen LogP contribution in [0.25, 0.3) is 5.69 Å². The highest BCUT2D eigenvalue weighted by molar-refractivity contribution is 6.10. The molecule has 2 amide bonds. The minimum atomic E-state index is -0.532. The molecule has 148 valence electrons. The van der Waals surface area contributed by atoms with Gasteiger partial charge >= 0.3 is 0 Å². The Morgan fingerprint density at radius 2 is 1.86 bits per heavy atom. The minimum absolute atomic E-state index is 0.160. The summed E-state index contributed by atoms with van der Waals surface area (Å²) in [6, 6.07) is 10.4. The van der Waals surface area contributed by atoms with E-state index in [0.29, 0.717) is 37.6 Å². The van der Waals surface area contributed by atoms with Crippen LogP contribution >= 0.6 is 0 Å². The van der Waals surface area contributed by atoms with Gasteiger partial charge in [-0.15, -0.1) is 5.10 Å². The Balaban J connectivity index is 1.63. The van der Waals surface area contributed by atoms with Gasteiger partial charge in [-0.1, -0.05) is 12.1 Å². The lowest BCUT2D eigenvalue weighted by Crippen LogP contribution is -2.41. The third-order valence-electron chi connectivity index (χ3n) is 4.50. The van der Waals surface area contributed by atoms with Gasteiger partial charge in [0.2, 0.25) is 0 Å². The third kappa shape index (κ3) is 3.97. The fraction of sp³-hybridized carbons (Fsp3) is 0.211. The summed E-state index contributed by atoms with van der Waals surface area (Å²) in [5, 5.41) is 13.5. The molecule has 1 N–H and O–H groups in total. The van der Waals surface area contributed by atoms with E-state index in [-0.39, 0.29) is 17.2 Å². The zero-order valence-corrected chi connectivity index (χ0v) is 15.3. The maximum atomic E-state index is 13.7. The summed E-state index contributed by atoms with van der Waals surface area (Å²) >= 11 is 0. The van der Waals surface area contributed by atoms with Crippen LogP contribution in [0.5, 0.6) is 0 Å². The molecule has 0 unspecified atom stereocenters. The Morgan fingerprint density at radius 3 is 2.62 bits per heavy atom. The van der Waals surface area contributed by atoms with Crippen molar-refractivity contribution in [2.75, 3.05) is 31.6 Å². The summed E-state index contributed by atoms with van der Waals surface area (Å²) in [5.41, 5.74) is 1.08. The van der Waals surface area contributed by atoms with E-state index in [2.05, 4.69) is 20.8 Å². The Bertz CT molecular complexity index is 1030. The van der Waals surface area contributed by atoms with Crippen molar-refractivity contribution in [2.45, 2.75) is 0 Å². The van der Waals surface area contributed by atoms with Gasteiger partial charge in [0, 0.05) is 19.2 Å². The Labute approximate surface area is 165 Å². The number of nitrogens with zero attached hydrogens (tertiary/aromatic N) is 5. The van der Waals surface area contributed by atoms with Crippen LogP contribution < -0.4 is 5.32 Å². The molecule has 29 heavy (non-hydrogen) atoms. The molecule has 0 aliphatic carbocycles. The van der Waals surface area contributed by atoms with Crippen molar-refractivity contribution in [3.63, 3.8) is 0 Å². The summed E-state index contributed by atoms with van der Waals surface area (Å²) in [4.78, 5) is 27.5. The monoisotopic (exact) mass is 396 g/mol. The molecule has 1 saturated heterocycles. The van der Waals surface area contributed by atoms with Crippen LogP contribution in [0.2, 0.25) is 0 Å². The summed E-state index contributed by atoms with van der Waals surface area (Å²) in [5.74, 6) is -1.24. The molecule has 3 aromatic rings. The van der Waals surface area contributed by atoms with E-state index < -0.39 is 11.7 Å². The SMILES string of the molecule is O=C(Nc1ccccc1C(=O)N1CCOCC1)c1ccc(F)cc1-n1cnnn1. The number of amides is 2. The van der Waals surface area contributed by atoms with Gasteiger partial charge in [0.1, 0.15) is 12.1 Å². The second-order valence-corrected chi connectivity index (χ2v) is 6.32. The molecule has 9 nitrogen and oxygen atoms in total. The predicted octanol–water partition coefficient (Wildman–Crippen LogP) is 1.53. The predicted molar refractivity (Wildman–Crippen MR) is 100 cm³/mol. The van der Waals surface area contributed by atoms with E-state index >= 15 is 0 Å². The van der Waals surface area contributed by atoms with E-state index in [9.17, 15) is 14.0 Å². The summed E-state index contributed by atoms with van der Waals surface area (Å²) in [7, 11) is 0. The average molecular weight is 396 g/mol. The lowest BCUT2D eigenvalue weighted by Gasteiger charge is -2.27. The molecule has 2 aromatic carbocycles. The molecular formula is C19H17FN6O3. The van der Waals surface area contributed by atoms with Crippen LogP contribution in [-0.4, -0.2) is 63.2 Å². The molecule has 2 heterocycles. The number of anilines is 1. The molecule has 0 radical (unpaired) electrons. The number of tetrazole rings is 1. The van der Waals surface area contributed by atoms with Gasteiger partial charge in [-0.05, 0) is 34.7 Å².